The molecule has 0 N–H and O–H groups in total. The van der Waals surface area contributed by atoms with E-state index >= 15 is 0 Å². The summed E-state index contributed by atoms with van der Waals surface area (Å²) in [5.41, 5.74) is 0. The lowest BCUT2D eigenvalue weighted by atomic mass is 10.1. The zero-order chi connectivity index (χ0) is 53.6. The van der Waals surface area contributed by atoms with E-state index in [1.54, 1.807) is 0 Å². The van der Waals surface area contributed by atoms with Crippen LogP contribution in [0.3, 0.4) is 0 Å². The molecule has 1 atom stereocenters. The summed E-state index contributed by atoms with van der Waals surface area (Å²) in [7, 11) is 0. The van der Waals surface area contributed by atoms with Crippen LogP contribution < -0.4 is 0 Å². The molecule has 426 valence electrons. The molecule has 0 amide bonds. The van der Waals surface area contributed by atoms with Crippen LogP contribution in [0.25, 0.3) is 0 Å². The number of hydrogen-bond acceptors (Lipinski definition) is 6. The monoisotopic (exact) mass is 1030 g/mol. The number of esters is 3. The van der Waals surface area contributed by atoms with Crippen LogP contribution in [0, 0.1) is 0 Å². The highest BCUT2D eigenvalue weighted by molar-refractivity contribution is 5.71. The zero-order valence-electron chi connectivity index (χ0n) is 48.8. The Kier molecular flexibility index (Phi) is 59.3. The molecule has 0 radical (unpaired) electrons. The molecule has 0 heterocycles. The highest BCUT2D eigenvalue weighted by Gasteiger charge is 2.19. The lowest BCUT2D eigenvalue weighted by Gasteiger charge is -2.18. The van der Waals surface area contributed by atoms with E-state index < -0.39 is 6.10 Å². The standard InChI is InChI=1S/C68H118O6/c1-4-7-10-13-16-19-22-25-28-30-32-33-34-35-36-38-40-43-46-49-52-55-58-61-67(70)73-64-65(63-72-66(69)60-57-54-51-48-45-42-39-27-24-21-18-15-12-9-6-3)74-68(71)62-59-56-53-50-47-44-41-37-31-29-26-23-20-17-14-11-8-5-2/h7,10,16,18-19,21,25,27-29,31-33,39,65H,4-6,8-9,11-15,17,20,22-24,26,30,34-38,40-64H2,1-3H3/b10-7-,19-16-,21-18-,28-25-,31-29-,33-32-,39-27-. The van der Waals surface area contributed by atoms with E-state index in [9.17, 15) is 14.4 Å². The van der Waals surface area contributed by atoms with E-state index in [-0.39, 0.29) is 31.1 Å². The van der Waals surface area contributed by atoms with E-state index in [0.717, 1.165) is 103 Å². The summed E-state index contributed by atoms with van der Waals surface area (Å²) in [6.07, 6.45) is 81.5. The van der Waals surface area contributed by atoms with Gasteiger partial charge < -0.3 is 14.2 Å². The molecule has 1 unspecified atom stereocenters. The summed E-state index contributed by atoms with van der Waals surface area (Å²) in [6.45, 7) is 6.51. The molecule has 0 aliphatic rings. The third-order valence-electron chi connectivity index (χ3n) is 13.6. The van der Waals surface area contributed by atoms with Gasteiger partial charge in [-0.25, -0.2) is 0 Å². The average molecular weight is 1030 g/mol. The van der Waals surface area contributed by atoms with Gasteiger partial charge in [-0.3, -0.25) is 14.4 Å². The van der Waals surface area contributed by atoms with Crippen molar-refractivity contribution in [3.63, 3.8) is 0 Å². The maximum Gasteiger partial charge on any atom is 0.306 e. The first-order chi connectivity index (χ1) is 36.5. The van der Waals surface area contributed by atoms with E-state index in [1.165, 1.54) is 167 Å². The van der Waals surface area contributed by atoms with Crippen LogP contribution in [0.1, 0.15) is 310 Å². The Balaban J connectivity index is 4.37. The van der Waals surface area contributed by atoms with Crippen molar-refractivity contribution >= 4 is 17.9 Å². The predicted molar refractivity (Wildman–Crippen MR) is 321 cm³/mol. The van der Waals surface area contributed by atoms with E-state index in [1.807, 2.05) is 0 Å². The van der Waals surface area contributed by atoms with Gasteiger partial charge >= 0.3 is 17.9 Å². The van der Waals surface area contributed by atoms with Gasteiger partial charge in [-0.05, 0) is 116 Å². The topological polar surface area (TPSA) is 78.9 Å². The minimum absolute atomic E-state index is 0.0840. The minimum atomic E-state index is -0.788. The van der Waals surface area contributed by atoms with Gasteiger partial charge in [0.2, 0.25) is 0 Å². The fraction of sp³-hybridized carbons (Fsp3) is 0.750. The number of hydrogen-bond donors (Lipinski definition) is 0. The summed E-state index contributed by atoms with van der Waals surface area (Å²) in [5.74, 6) is -0.895. The second-order valence-electron chi connectivity index (χ2n) is 20.9. The molecule has 0 saturated heterocycles. The van der Waals surface area contributed by atoms with Gasteiger partial charge in [0.15, 0.2) is 6.10 Å². The number of unbranched alkanes of at least 4 members (excludes halogenated alkanes) is 32. The molecule has 0 rings (SSSR count). The Morgan fingerprint density at radius 2 is 0.527 bits per heavy atom. The highest BCUT2D eigenvalue weighted by atomic mass is 16.6. The van der Waals surface area contributed by atoms with Gasteiger partial charge in [-0.2, -0.15) is 0 Å². The number of ether oxygens (including phenoxy) is 3. The maximum absolute atomic E-state index is 12.9. The van der Waals surface area contributed by atoms with Crippen LogP contribution in [0.2, 0.25) is 0 Å². The van der Waals surface area contributed by atoms with Crippen molar-refractivity contribution < 1.29 is 28.6 Å². The van der Waals surface area contributed by atoms with Crippen molar-refractivity contribution in [3.05, 3.63) is 85.1 Å². The second kappa shape index (κ2) is 62.1. The predicted octanol–water partition coefficient (Wildman–Crippen LogP) is 21.5. The lowest BCUT2D eigenvalue weighted by Crippen LogP contribution is -2.30. The molecule has 0 fully saturated rings. The van der Waals surface area contributed by atoms with Gasteiger partial charge in [-0.15, -0.1) is 0 Å². The van der Waals surface area contributed by atoms with Crippen LogP contribution in [-0.2, 0) is 28.6 Å². The van der Waals surface area contributed by atoms with Crippen molar-refractivity contribution in [2.75, 3.05) is 13.2 Å². The summed E-state index contributed by atoms with van der Waals surface area (Å²) in [6, 6.07) is 0. The molecule has 74 heavy (non-hydrogen) atoms. The van der Waals surface area contributed by atoms with Gasteiger partial charge in [0.05, 0.1) is 0 Å². The van der Waals surface area contributed by atoms with Crippen molar-refractivity contribution in [1.29, 1.82) is 0 Å². The first kappa shape index (κ1) is 70.6. The molecule has 0 spiro atoms. The molecule has 0 aliphatic carbocycles. The van der Waals surface area contributed by atoms with Crippen LogP contribution in [-0.4, -0.2) is 37.2 Å². The molecule has 6 nitrogen and oxygen atoms in total. The molecular formula is C68H118O6. The molecule has 0 saturated carbocycles. The summed E-state index contributed by atoms with van der Waals surface area (Å²) in [4.78, 5) is 38.3. The van der Waals surface area contributed by atoms with Crippen molar-refractivity contribution in [2.24, 2.45) is 0 Å². The van der Waals surface area contributed by atoms with Gasteiger partial charge in [-0.1, -0.05) is 260 Å². The maximum atomic E-state index is 12.9. The third kappa shape index (κ3) is 59.5. The number of allylic oxidation sites excluding steroid dienone is 14. The lowest BCUT2D eigenvalue weighted by molar-refractivity contribution is -0.167. The number of rotatable bonds is 57. The summed E-state index contributed by atoms with van der Waals surface area (Å²) >= 11 is 0. The summed E-state index contributed by atoms with van der Waals surface area (Å²) in [5, 5.41) is 0. The first-order valence-corrected chi connectivity index (χ1v) is 31.6. The molecule has 0 aromatic rings. The van der Waals surface area contributed by atoms with Crippen LogP contribution in [0.4, 0.5) is 0 Å². The molecule has 6 heteroatoms. The number of carbonyl (C=O) groups excluding carboxylic acids is 3. The average Bonchev–Trinajstić information content (AvgIpc) is 3.40. The normalized spacial score (nSPS) is 12.6. The van der Waals surface area contributed by atoms with Gasteiger partial charge in [0.25, 0.3) is 0 Å². The first-order valence-electron chi connectivity index (χ1n) is 31.6. The Labute approximate surface area is 458 Å². The largest absolute Gasteiger partial charge is 0.462 e. The van der Waals surface area contributed by atoms with Crippen LogP contribution in [0.5, 0.6) is 0 Å². The quantitative estimate of drug-likeness (QED) is 0.0261. The Hall–Kier alpha value is -3.41. The van der Waals surface area contributed by atoms with Crippen LogP contribution >= 0.6 is 0 Å². The summed E-state index contributed by atoms with van der Waals surface area (Å²) < 4.78 is 16.9. The Morgan fingerprint density at radius 3 is 0.865 bits per heavy atom. The smallest absolute Gasteiger partial charge is 0.306 e. The van der Waals surface area contributed by atoms with E-state index in [2.05, 4.69) is 106 Å². The number of carbonyl (C=O) groups is 3. The van der Waals surface area contributed by atoms with Crippen molar-refractivity contribution in [3.8, 4) is 0 Å². The molecule has 0 bridgehead atoms. The van der Waals surface area contributed by atoms with Crippen molar-refractivity contribution in [2.45, 2.75) is 316 Å². The van der Waals surface area contributed by atoms with Gasteiger partial charge in [0.1, 0.15) is 13.2 Å². The van der Waals surface area contributed by atoms with Crippen LogP contribution in [0.15, 0.2) is 85.1 Å². The minimum Gasteiger partial charge on any atom is -0.462 e. The molecule has 0 aliphatic heterocycles. The van der Waals surface area contributed by atoms with E-state index in [4.69, 9.17) is 14.2 Å². The van der Waals surface area contributed by atoms with E-state index in [0.29, 0.717) is 19.3 Å². The highest BCUT2D eigenvalue weighted by Crippen LogP contribution is 2.16. The van der Waals surface area contributed by atoms with Crippen molar-refractivity contribution in [1.82, 2.24) is 0 Å². The second-order valence-corrected chi connectivity index (χ2v) is 20.9. The zero-order valence-corrected chi connectivity index (χ0v) is 48.8. The fourth-order valence-corrected chi connectivity index (χ4v) is 8.87. The fourth-order valence-electron chi connectivity index (χ4n) is 8.87. The Bertz CT molecular complexity index is 1420. The van der Waals surface area contributed by atoms with Gasteiger partial charge in [0, 0.05) is 19.3 Å². The Morgan fingerprint density at radius 1 is 0.284 bits per heavy atom. The third-order valence-corrected chi connectivity index (χ3v) is 13.6. The molecule has 0 aromatic heterocycles. The molecular weight excluding hydrogens is 913 g/mol. The molecule has 0 aromatic carbocycles. The SMILES string of the molecule is CC/C=C\C/C=C\C/C=C\C/C=C\CCCCCCCCCCCCC(=O)OCC(COC(=O)CCCCCCC/C=C\C/C=C\CCCCC)OC(=O)CCCCCCCCC/C=C\CCCCCCCCC.